The Morgan fingerprint density at radius 2 is 2.10 bits per heavy atom. The fourth-order valence-corrected chi connectivity index (χ4v) is 4.35. The van der Waals surface area contributed by atoms with Crippen molar-refractivity contribution in [3.05, 3.63) is 59.8 Å². The van der Waals surface area contributed by atoms with Crippen molar-refractivity contribution in [3.8, 4) is 0 Å². The number of oxime groups is 1. The zero-order valence-corrected chi connectivity index (χ0v) is 17.4. The Balaban J connectivity index is 1.49. The highest BCUT2D eigenvalue weighted by molar-refractivity contribution is 6.01. The molecule has 2 atom stereocenters. The predicted molar refractivity (Wildman–Crippen MR) is 110 cm³/mol. The van der Waals surface area contributed by atoms with Crippen molar-refractivity contribution < 1.29 is 28.0 Å². The van der Waals surface area contributed by atoms with Gasteiger partial charge in [-0.25, -0.2) is 4.39 Å². The minimum absolute atomic E-state index is 0.233. The molecule has 2 aromatic rings. The van der Waals surface area contributed by atoms with Gasteiger partial charge < -0.3 is 18.9 Å². The molecule has 0 unspecified atom stereocenters. The van der Waals surface area contributed by atoms with Gasteiger partial charge in [-0.05, 0) is 49.6 Å². The zero-order valence-electron chi connectivity index (χ0n) is 17.4. The van der Waals surface area contributed by atoms with Crippen molar-refractivity contribution in [2.75, 3.05) is 19.7 Å². The lowest BCUT2D eigenvalue weighted by Gasteiger charge is -2.41. The predicted octanol–water partition coefficient (Wildman–Crippen LogP) is 3.79. The third-order valence-corrected chi connectivity index (χ3v) is 5.83. The molecule has 7 nitrogen and oxygen atoms in total. The first-order valence-electron chi connectivity index (χ1n) is 10.5. The Morgan fingerprint density at radius 3 is 2.81 bits per heavy atom. The van der Waals surface area contributed by atoms with E-state index in [9.17, 15) is 14.0 Å². The Bertz CT molecular complexity index is 957. The molecule has 3 heterocycles. The molecule has 0 spiro atoms. The van der Waals surface area contributed by atoms with Gasteiger partial charge in [-0.1, -0.05) is 17.3 Å². The number of carbonyl (C=O) groups excluding carboxylic acids is 2. The third kappa shape index (κ3) is 4.47. The van der Waals surface area contributed by atoms with E-state index in [-0.39, 0.29) is 42.7 Å². The first-order valence-corrected chi connectivity index (χ1v) is 10.5. The van der Waals surface area contributed by atoms with Crippen LogP contribution in [0.1, 0.15) is 48.7 Å². The number of esters is 1. The SMILES string of the molecule is CCOC(=O)[C@]1(C[C@@H]2CC(c3ccc(F)cc3)=NO2)CCCN(C(=O)c2ccco2)C1. The Hall–Kier alpha value is -3.16. The van der Waals surface area contributed by atoms with Gasteiger partial charge in [0.15, 0.2) is 5.76 Å². The fourth-order valence-electron chi connectivity index (χ4n) is 4.35. The van der Waals surface area contributed by atoms with Crippen molar-refractivity contribution in [2.45, 2.75) is 38.7 Å². The highest BCUT2D eigenvalue weighted by Gasteiger charge is 2.48. The van der Waals surface area contributed by atoms with E-state index in [4.69, 9.17) is 14.0 Å². The number of furan rings is 1. The van der Waals surface area contributed by atoms with Gasteiger partial charge >= 0.3 is 5.97 Å². The van der Waals surface area contributed by atoms with Gasteiger partial charge in [0.05, 0.1) is 24.0 Å². The van der Waals surface area contributed by atoms with Crippen molar-refractivity contribution in [1.29, 1.82) is 0 Å². The normalized spacial score (nSPS) is 23.2. The van der Waals surface area contributed by atoms with E-state index in [1.54, 1.807) is 36.1 Å². The molecule has 0 saturated carbocycles. The van der Waals surface area contributed by atoms with Crippen LogP contribution in [0.15, 0.2) is 52.2 Å². The summed E-state index contributed by atoms with van der Waals surface area (Å²) in [7, 11) is 0. The second kappa shape index (κ2) is 8.91. The number of carbonyl (C=O) groups is 2. The van der Waals surface area contributed by atoms with Crippen LogP contribution in [0.25, 0.3) is 0 Å². The number of benzene rings is 1. The topological polar surface area (TPSA) is 81.3 Å². The molecular weight excluding hydrogens is 403 g/mol. The molecule has 0 bridgehead atoms. The average molecular weight is 428 g/mol. The van der Waals surface area contributed by atoms with Gasteiger partial charge in [-0.15, -0.1) is 0 Å². The maximum absolute atomic E-state index is 13.2. The summed E-state index contributed by atoms with van der Waals surface area (Å²) in [5, 5.41) is 4.16. The smallest absolute Gasteiger partial charge is 0.314 e. The van der Waals surface area contributed by atoms with Gasteiger partial charge in [-0.3, -0.25) is 9.59 Å². The molecule has 1 aromatic carbocycles. The molecule has 2 aliphatic heterocycles. The highest BCUT2D eigenvalue weighted by atomic mass is 19.1. The van der Waals surface area contributed by atoms with E-state index in [0.717, 1.165) is 5.56 Å². The number of hydrogen-bond donors (Lipinski definition) is 0. The molecule has 1 saturated heterocycles. The second-order valence-electron chi connectivity index (χ2n) is 7.99. The molecule has 2 aliphatic rings. The van der Waals surface area contributed by atoms with Crippen LogP contribution in [0, 0.1) is 11.2 Å². The summed E-state index contributed by atoms with van der Waals surface area (Å²) in [6.07, 6.45) is 3.27. The van der Waals surface area contributed by atoms with Crippen molar-refractivity contribution in [1.82, 2.24) is 4.90 Å². The average Bonchev–Trinajstić information content (AvgIpc) is 3.47. The van der Waals surface area contributed by atoms with Crippen LogP contribution in [0.5, 0.6) is 0 Å². The number of hydrogen-bond acceptors (Lipinski definition) is 6. The number of amides is 1. The number of piperidine rings is 1. The van der Waals surface area contributed by atoms with Crippen LogP contribution in [0.2, 0.25) is 0 Å². The molecule has 1 fully saturated rings. The third-order valence-electron chi connectivity index (χ3n) is 5.83. The molecule has 8 heteroatoms. The van der Waals surface area contributed by atoms with Gasteiger partial charge in [-0.2, -0.15) is 0 Å². The van der Waals surface area contributed by atoms with Crippen LogP contribution in [0.3, 0.4) is 0 Å². The Labute approximate surface area is 179 Å². The zero-order chi connectivity index (χ0) is 21.8. The molecule has 4 rings (SSSR count). The fraction of sp³-hybridized carbons (Fsp3) is 0.435. The molecule has 31 heavy (non-hydrogen) atoms. The van der Waals surface area contributed by atoms with Crippen molar-refractivity contribution >= 4 is 17.6 Å². The maximum Gasteiger partial charge on any atom is 0.314 e. The summed E-state index contributed by atoms with van der Waals surface area (Å²) in [5.74, 6) is -0.636. The lowest BCUT2D eigenvalue weighted by molar-refractivity contribution is -0.161. The van der Waals surface area contributed by atoms with Gasteiger partial charge in [0.2, 0.25) is 0 Å². The number of likely N-dealkylation sites (tertiary alicyclic amines) is 1. The van der Waals surface area contributed by atoms with Crippen LogP contribution in [0.4, 0.5) is 4.39 Å². The second-order valence-corrected chi connectivity index (χ2v) is 7.99. The first-order chi connectivity index (χ1) is 15.0. The minimum Gasteiger partial charge on any atom is -0.466 e. The van der Waals surface area contributed by atoms with Crippen molar-refractivity contribution in [3.63, 3.8) is 0 Å². The van der Waals surface area contributed by atoms with Crippen LogP contribution in [-0.2, 0) is 14.4 Å². The summed E-state index contributed by atoms with van der Waals surface area (Å²) in [4.78, 5) is 33.1. The molecule has 1 amide bonds. The Kier molecular flexibility index (Phi) is 6.06. The molecule has 164 valence electrons. The van der Waals surface area contributed by atoms with E-state index in [1.807, 2.05) is 0 Å². The van der Waals surface area contributed by atoms with Gasteiger partial charge in [0.1, 0.15) is 11.9 Å². The lowest BCUT2D eigenvalue weighted by atomic mass is 9.74. The van der Waals surface area contributed by atoms with Crippen LogP contribution >= 0.6 is 0 Å². The number of rotatable bonds is 6. The molecule has 0 N–H and O–H groups in total. The van der Waals surface area contributed by atoms with E-state index in [1.165, 1.54) is 18.4 Å². The quantitative estimate of drug-likeness (QED) is 0.654. The van der Waals surface area contributed by atoms with E-state index in [2.05, 4.69) is 5.16 Å². The maximum atomic E-state index is 13.2. The number of nitrogens with zero attached hydrogens (tertiary/aromatic N) is 2. The summed E-state index contributed by atoms with van der Waals surface area (Å²) < 4.78 is 23.9. The molecule has 0 aliphatic carbocycles. The van der Waals surface area contributed by atoms with Gasteiger partial charge in [0, 0.05) is 25.9 Å². The Morgan fingerprint density at radius 1 is 1.29 bits per heavy atom. The summed E-state index contributed by atoms with van der Waals surface area (Å²) in [6, 6.07) is 9.36. The molecule has 0 radical (unpaired) electrons. The summed E-state index contributed by atoms with van der Waals surface area (Å²) in [6.45, 7) is 2.80. The van der Waals surface area contributed by atoms with Crippen molar-refractivity contribution in [2.24, 2.45) is 10.6 Å². The van der Waals surface area contributed by atoms with E-state index >= 15 is 0 Å². The van der Waals surface area contributed by atoms with E-state index in [0.29, 0.717) is 37.9 Å². The van der Waals surface area contributed by atoms with Crippen LogP contribution < -0.4 is 0 Å². The summed E-state index contributed by atoms with van der Waals surface area (Å²) in [5.41, 5.74) is 0.616. The molecular formula is C23H25FN2O5. The molecule has 1 aromatic heterocycles. The largest absolute Gasteiger partial charge is 0.466 e. The van der Waals surface area contributed by atoms with E-state index < -0.39 is 5.41 Å². The van der Waals surface area contributed by atoms with Crippen LogP contribution in [-0.4, -0.2) is 48.3 Å². The highest BCUT2D eigenvalue weighted by Crippen LogP contribution is 2.39. The standard InChI is InChI=1S/C23H25FN2O5/c1-2-29-22(28)23(10-4-11-26(15-23)21(27)20-5-3-12-30-20)14-18-13-19(25-31-18)16-6-8-17(24)9-7-16/h3,5-9,12,18H,2,4,10-11,13-15H2,1H3/t18-,23-/m0/s1. The lowest BCUT2D eigenvalue weighted by Crippen LogP contribution is -2.51. The minimum atomic E-state index is -0.880. The first kappa shape index (κ1) is 21.1. The van der Waals surface area contributed by atoms with Gasteiger partial charge in [0.25, 0.3) is 5.91 Å². The monoisotopic (exact) mass is 428 g/mol. The number of ether oxygens (including phenoxy) is 1. The number of halogens is 1. The summed E-state index contributed by atoms with van der Waals surface area (Å²) >= 11 is 0.